The lowest BCUT2D eigenvalue weighted by Gasteiger charge is -2.14. The lowest BCUT2D eigenvalue weighted by Crippen LogP contribution is -2.36. The number of nitrogens with zero attached hydrogens (tertiary/aromatic N) is 1. The summed E-state index contributed by atoms with van der Waals surface area (Å²) in [4.78, 5) is 26.4. The third kappa shape index (κ3) is 3.46. The number of amides is 2. The minimum Gasteiger partial charge on any atom is -0.347 e. The number of benzene rings is 1. The van der Waals surface area contributed by atoms with Crippen molar-refractivity contribution in [2.75, 3.05) is 19.3 Å². The van der Waals surface area contributed by atoms with E-state index in [4.69, 9.17) is 11.6 Å². The number of thioether (sulfide) groups is 1. The molecule has 0 radical (unpaired) electrons. The van der Waals surface area contributed by atoms with Crippen molar-refractivity contribution >= 4 is 35.2 Å². The normalized spacial score (nSPS) is 18.4. The summed E-state index contributed by atoms with van der Waals surface area (Å²) >= 11 is 7.57. The predicted octanol–water partition coefficient (Wildman–Crippen LogP) is 2.41. The van der Waals surface area contributed by atoms with Crippen LogP contribution in [-0.4, -0.2) is 42.1 Å². The smallest absolute Gasteiger partial charge is 0.252 e. The van der Waals surface area contributed by atoms with Crippen LogP contribution in [-0.2, 0) is 4.79 Å². The second kappa shape index (κ2) is 6.50. The van der Waals surface area contributed by atoms with Crippen LogP contribution in [0, 0.1) is 0 Å². The summed E-state index contributed by atoms with van der Waals surface area (Å²) in [7, 11) is 1.74. The molecule has 2 rings (SSSR count). The van der Waals surface area contributed by atoms with Crippen molar-refractivity contribution in [1.29, 1.82) is 0 Å². The number of hydrogen-bond donors (Lipinski definition) is 1. The van der Waals surface area contributed by atoms with Gasteiger partial charge in [0.1, 0.15) is 0 Å². The second-order valence-electron chi connectivity index (χ2n) is 4.72. The quantitative estimate of drug-likeness (QED) is 0.869. The Morgan fingerprint density at radius 1 is 1.55 bits per heavy atom. The molecule has 20 heavy (non-hydrogen) atoms. The molecule has 0 saturated carbocycles. The molecule has 0 unspecified atom stereocenters. The van der Waals surface area contributed by atoms with Crippen LogP contribution in [0.4, 0.5) is 0 Å². The molecule has 1 aromatic carbocycles. The van der Waals surface area contributed by atoms with Crippen molar-refractivity contribution in [3.63, 3.8) is 0 Å². The SMILES string of the molecule is CCSc1ccc(Cl)cc1C(=O)N[C@H]1CC(=O)N(C)C1. The zero-order valence-electron chi connectivity index (χ0n) is 11.5. The number of carbonyl (C=O) groups excluding carboxylic acids is 2. The summed E-state index contributed by atoms with van der Waals surface area (Å²) in [5, 5.41) is 3.45. The zero-order chi connectivity index (χ0) is 14.7. The maximum Gasteiger partial charge on any atom is 0.252 e. The fraction of sp³-hybridized carbons (Fsp3) is 0.429. The average molecular weight is 313 g/mol. The fourth-order valence-electron chi connectivity index (χ4n) is 2.18. The molecule has 0 aliphatic carbocycles. The van der Waals surface area contributed by atoms with Gasteiger partial charge in [0.05, 0.1) is 11.6 Å². The summed E-state index contributed by atoms with van der Waals surface area (Å²) in [6.07, 6.45) is 0.360. The number of rotatable bonds is 4. The molecule has 1 atom stereocenters. The molecule has 1 aliphatic heterocycles. The van der Waals surface area contributed by atoms with Crippen LogP contribution in [0.15, 0.2) is 23.1 Å². The summed E-state index contributed by atoms with van der Waals surface area (Å²) in [5.74, 6) is 0.771. The van der Waals surface area contributed by atoms with Gasteiger partial charge in [0, 0.05) is 29.9 Å². The van der Waals surface area contributed by atoms with Crippen LogP contribution < -0.4 is 5.32 Å². The van der Waals surface area contributed by atoms with Crippen LogP contribution >= 0.6 is 23.4 Å². The summed E-state index contributed by atoms with van der Waals surface area (Å²) in [6.45, 7) is 2.59. The molecule has 0 bridgehead atoms. The van der Waals surface area contributed by atoms with Crippen molar-refractivity contribution in [3.05, 3.63) is 28.8 Å². The largest absolute Gasteiger partial charge is 0.347 e. The first-order valence-electron chi connectivity index (χ1n) is 6.48. The number of halogens is 1. The highest BCUT2D eigenvalue weighted by molar-refractivity contribution is 7.99. The molecule has 1 heterocycles. The van der Waals surface area contributed by atoms with Gasteiger partial charge in [-0.3, -0.25) is 9.59 Å². The van der Waals surface area contributed by atoms with Gasteiger partial charge in [-0.2, -0.15) is 0 Å². The van der Waals surface area contributed by atoms with E-state index in [1.807, 2.05) is 13.0 Å². The van der Waals surface area contributed by atoms with Crippen LogP contribution in [0.1, 0.15) is 23.7 Å². The Morgan fingerprint density at radius 3 is 2.90 bits per heavy atom. The molecular formula is C14H17ClN2O2S. The number of carbonyl (C=O) groups is 2. The molecule has 2 amide bonds. The molecular weight excluding hydrogens is 296 g/mol. The minimum atomic E-state index is -0.170. The lowest BCUT2D eigenvalue weighted by atomic mass is 10.2. The first-order chi connectivity index (χ1) is 9.51. The summed E-state index contributed by atoms with van der Waals surface area (Å²) in [5.41, 5.74) is 0.575. The standard InChI is InChI=1S/C14H17ClN2O2S/c1-3-20-12-5-4-9(15)6-11(12)14(19)16-10-7-13(18)17(2)8-10/h4-6,10H,3,7-8H2,1-2H3,(H,16,19)/t10-/m0/s1. The lowest BCUT2D eigenvalue weighted by molar-refractivity contribution is -0.126. The van der Waals surface area contributed by atoms with E-state index in [0.717, 1.165) is 10.6 Å². The van der Waals surface area contributed by atoms with E-state index in [-0.39, 0.29) is 17.9 Å². The fourth-order valence-corrected chi connectivity index (χ4v) is 3.14. The number of likely N-dealkylation sites (tertiary alicyclic amines) is 1. The molecule has 1 fully saturated rings. The third-order valence-corrected chi connectivity index (χ3v) is 4.35. The first kappa shape index (κ1) is 15.2. The van der Waals surface area contributed by atoms with Gasteiger partial charge < -0.3 is 10.2 Å². The average Bonchev–Trinajstić information content (AvgIpc) is 2.70. The highest BCUT2D eigenvalue weighted by Gasteiger charge is 2.28. The van der Waals surface area contributed by atoms with E-state index >= 15 is 0 Å². The molecule has 108 valence electrons. The van der Waals surface area contributed by atoms with Gasteiger partial charge in [-0.15, -0.1) is 11.8 Å². The Bertz CT molecular complexity index is 536. The number of hydrogen-bond acceptors (Lipinski definition) is 3. The van der Waals surface area contributed by atoms with E-state index in [0.29, 0.717) is 23.6 Å². The highest BCUT2D eigenvalue weighted by Crippen LogP contribution is 2.26. The Kier molecular flexibility index (Phi) is 4.94. The van der Waals surface area contributed by atoms with Crippen LogP contribution in [0.3, 0.4) is 0 Å². The third-order valence-electron chi connectivity index (χ3n) is 3.16. The van der Waals surface area contributed by atoms with E-state index in [9.17, 15) is 9.59 Å². The zero-order valence-corrected chi connectivity index (χ0v) is 13.1. The van der Waals surface area contributed by atoms with E-state index in [2.05, 4.69) is 5.32 Å². The maximum atomic E-state index is 12.3. The van der Waals surface area contributed by atoms with E-state index < -0.39 is 0 Å². The Balaban J connectivity index is 2.12. The molecule has 1 aliphatic rings. The van der Waals surface area contributed by atoms with Gasteiger partial charge in [0.2, 0.25) is 5.91 Å². The van der Waals surface area contributed by atoms with Crippen molar-refractivity contribution in [3.8, 4) is 0 Å². The van der Waals surface area contributed by atoms with Gasteiger partial charge >= 0.3 is 0 Å². The van der Waals surface area contributed by atoms with Crippen molar-refractivity contribution in [2.24, 2.45) is 0 Å². The molecule has 1 saturated heterocycles. The van der Waals surface area contributed by atoms with Crippen molar-refractivity contribution < 1.29 is 9.59 Å². The molecule has 0 aromatic heterocycles. The predicted molar refractivity (Wildman–Crippen MR) is 81.4 cm³/mol. The monoisotopic (exact) mass is 312 g/mol. The molecule has 6 heteroatoms. The van der Waals surface area contributed by atoms with E-state index in [1.54, 1.807) is 35.8 Å². The Morgan fingerprint density at radius 2 is 2.30 bits per heavy atom. The van der Waals surface area contributed by atoms with Crippen LogP contribution in [0.5, 0.6) is 0 Å². The van der Waals surface area contributed by atoms with Gasteiger partial charge in [-0.25, -0.2) is 0 Å². The summed E-state index contributed by atoms with van der Waals surface area (Å²) < 4.78 is 0. The Hall–Kier alpha value is -1.20. The molecule has 1 N–H and O–H groups in total. The van der Waals surface area contributed by atoms with Crippen LogP contribution in [0.2, 0.25) is 5.02 Å². The van der Waals surface area contributed by atoms with E-state index in [1.165, 1.54) is 0 Å². The highest BCUT2D eigenvalue weighted by atomic mass is 35.5. The van der Waals surface area contributed by atoms with Crippen molar-refractivity contribution in [1.82, 2.24) is 10.2 Å². The van der Waals surface area contributed by atoms with Crippen molar-refractivity contribution in [2.45, 2.75) is 24.3 Å². The second-order valence-corrected chi connectivity index (χ2v) is 6.46. The van der Waals surface area contributed by atoms with Gasteiger partial charge in [0.15, 0.2) is 0 Å². The minimum absolute atomic E-state index is 0.0598. The van der Waals surface area contributed by atoms with Gasteiger partial charge in [-0.1, -0.05) is 18.5 Å². The molecule has 4 nitrogen and oxygen atoms in total. The van der Waals surface area contributed by atoms with Gasteiger partial charge in [-0.05, 0) is 24.0 Å². The first-order valence-corrected chi connectivity index (χ1v) is 7.84. The Labute approximate surface area is 127 Å². The molecule has 0 spiro atoms. The topological polar surface area (TPSA) is 49.4 Å². The number of likely N-dealkylation sites (N-methyl/N-ethyl adjacent to an activating group) is 1. The number of nitrogens with one attached hydrogen (secondary N) is 1. The maximum absolute atomic E-state index is 12.3. The van der Waals surface area contributed by atoms with Gasteiger partial charge in [0.25, 0.3) is 5.91 Å². The van der Waals surface area contributed by atoms with Crippen LogP contribution in [0.25, 0.3) is 0 Å². The summed E-state index contributed by atoms with van der Waals surface area (Å²) in [6, 6.07) is 5.19. The molecule has 1 aromatic rings.